The fourth-order valence-corrected chi connectivity index (χ4v) is 2.64. The fraction of sp³-hybridized carbons (Fsp3) is 0.200. The van der Waals surface area contributed by atoms with Gasteiger partial charge in [0.15, 0.2) is 0 Å². The SMILES string of the molecule is COc1ccc(C)cc1COC(=O)c1c(-c2ccccc2)noc1C. The molecule has 0 N–H and O–H groups in total. The number of nitrogens with zero attached hydrogens (tertiary/aromatic N) is 1. The third-order valence-corrected chi connectivity index (χ3v) is 3.91. The standard InChI is InChI=1S/C20H19NO4/c1-13-9-10-17(23-3)16(11-13)12-24-20(22)18-14(2)25-21-19(18)15-7-5-4-6-8-15/h4-11H,12H2,1-3H3. The predicted molar refractivity (Wildman–Crippen MR) is 93.5 cm³/mol. The van der Waals surface area contributed by atoms with E-state index in [2.05, 4.69) is 5.16 Å². The highest BCUT2D eigenvalue weighted by molar-refractivity contribution is 5.97. The lowest BCUT2D eigenvalue weighted by Crippen LogP contribution is -2.08. The molecule has 3 aromatic rings. The zero-order valence-corrected chi connectivity index (χ0v) is 14.4. The molecule has 0 fully saturated rings. The Morgan fingerprint density at radius 1 is 1.12 bits per heavy atom. The lowest BCUT2D eigenvalue weighted by molar-refractivity contribution is 0.0469. The zero-order valence-electron chi connectivity index (χ0n) is 14.4. The number of aromatic nitrogens is 1. The summed E-state index contributed by atoms with van der Waals surface area (Å²) in [6, 6.07) is 15.1. The molecule has 0 atom stereocenters. The summed E-state index contributed by atoms with van der Waals surface area (Å²) in [7, 11) is 1.59. The number of carbonyl (C=O) groups excluding carboxylic acids is 1. The molecule has 0 radical (unpaired) electrons. The van der Waals surface area contributed by atoms with Gasteiger partial charge in [-0.05, 0) is 26.0 Å². The minimum atomic E-state index is -0.471. The van der Waals surface area contributed by atoms with Gasteiger partial charge >= 0.3 is 5.97 Å². The normalized spacial score (nSPS) is 10.5. The van der Waals surface area contributed by atoms with E-state index in [-0.39, 0.29) is 6.61 Å². The van der Waals surface area contributed by atoms with Crippen LogP contribution in [0.2, 0.25) is 0 Å². The molecule has 5 heteroatoms. The van der Waals surface area contributed by atoms with E-state index >= 15 is 0 Å². The Labute approximate surface area is 146 Å². The van der Waals surface area contributed by atoms with Gasteiger partial charge in [0.05, 0.1) is 7.11 Å². The molecule has 0 aliphatic rings. The quantitative estimate of drug-likeness (QED) is 0.649. The maximum absolute atomic E-state index is 12.6. The Morgan fingerprint density at radius 2 is 1.88 bits per heavy atom. The van der Waals surface area contributed by atoms with Crippen molar-refractivity contribution in [3.8, 4) is 17.0 Å². The van der Waals surface area contributed by atoms with Crippen molar-refractivity contribution in [1.82, 2.24) is 5.16 Å². The molecular formula is C20H19NO4. The molecule has 2 aromatic carbocycles. The topological polar surface area (TPSA) is 61.6 Å². The van der Waals surface area contributed by atoms with Crippen molar-refractivity contribution in [3.05, 3.63) is 71.0 Å². The van der Waals surface area contributed by atoms with Crippen LogP contribution in [0.1, 0.15) is 27.2 Å². The molecule has 0 spiro atoms. The number of methoxy groups -OCH3 is 1. The van der Waals surface area contributed by atoms with Crippen LogP contribution in [0.4, 0.5) is 0 Å². The van der Waals surface area contributed by atoms with Gasteiger partial charge in [0, 0.05) is 11.1 Å². The van der Waals surface area contributed by atoms with Crippen molar-refractivity contribution in [2.75, 3.05) is 7.11 Å². The second kappa shape index (κ2) is 7.21. The second-order valence-electron chi connectivity index (χ2n) is 5.72. The number of esters is 1. The van der Waals surface area contributed by atoms with Crippen LogP contribution >= 0.6 is 0 Å². The molecule has 0 bridgehead atoms. The van der Waals surface area contributed by atoms with Gasteiger partial charge in [0.1, 0.15) is 29.4 Å². The van der Waals surface area contributed by atoms with Crippen molar-refractivity contribution in [2.24, 2.45) is 0 Å². The highest BCUT2D eigenvalue weighted by atomic mass is 16.5. The van der Waals surface area contributed by atoms with Crippen LogP contribution in [0.5, 0.6) is 5.75 Å². The summed E-state index contributed by atoms with van der Waals surface area (Å²) in [5.41, 5.74) is 3.51. The first-order valence-corrected chi connectivity index (χ1v) is 7.92. The minimum Gasteiger partial charge on any atom is -0.496 e. The van der Waals surface area contributed by atoms with Crippen LogP contribution in [0.25, 0.3) is 11.3 Å². The van der Waals surface area contributed by atoms with E-state index < -0.39 is 5.97 Å². The van der Waals surface area contributed by atoms with Gasteiger partial charge in [-0.2, -0.15) is 0 Å². The summed E-state index contributed by atoms with van der Waals surface area (Å²) in [6.07, 6.45) is 0. The average molecular weight is 337 g/mol. The van der Waals surface area contributed by atoms with Crippen LogP contribution < -0.4 is 4.74 Å². The van der Waals surface area contributed by atoms with E-state index in [9.17, 15) is 4.79 Å². The first-order valence-electron chi connectivity index (χ1n) is 7.92. The van der Waals surface area contributed by atoms with Gasteiger partial charge in [-0.15, -0.1) is 0 Å². The van der Waals surface area contributed by atoms with Crippen molar-refractivity contribution in [3.63, 3.8) is 0 Å². The van der Waals surface area contributed by atoms with Crippen molar-refractivity contribution < 1.29 is 18.8 Å². The first kappa shape index (κ1) is 16.8. The third kappa shape index (κ3) is 3.55. The van der Waals surface area contributed by atoms with Crippen LogP contribution in [0.15, 0.2) is 53.1 Å². The molecule has 128 valence electrons. The number of carbonyl (C=O) groups is 1. The summed E-state index contributed by atoms with van der Waals surface area (Å²) in [6.45, 7) is 3.79. The maximum atomic E-state index is 12.6. The Hall–Kier alpha value is -3.08. The predicted octanol–water partition coefficient (Wildman–Crippen LogP) is 4.32. The first-order chi connectivity index (χ1) is 12.1. The molecule has 3 rings (SSSR count). The smallest absolute Gasteiger partial charge is 0.344 e. The van der Waals surface area contributed by atoms with Crippen molar-refractivity contribution in [2.45, 2.75) is 20.5 Å². The number of ether oxygens (including phenoxy) is 2. The summed E-state index contributed by atoms with van der Waals surface area (Å²) in [5, 5.41) is 4.01. The number of hydrogen-bond donors (Lipinski definition) is 0. The van der Waals surface area contributed by atoms with Gasteiger partial charge < -0.3 is 14.0 Å². The number of rotatable bonds is 5. The van der Waals surface area contributed by atoms with E-state index in [1.54, 1.807) is 14.0 Å². The zero-order chi connectivity index (χ0) is 17.8. The minimum absolute atomic E-state index is 0.114. The van der Waals surface area contributed by atoms with Gasteiger partial charge in [-0.3, -0.25) is 0 Å². The van der Waals surface area contributed by atoms with Gasteiger partial charge in [0.2, 0.25) is 0 Å². The van der Waals surface area contributed by atoms with Crippen LogP contribution in [-0.4, -0.2) is 18.2 Å². The second-order valence-corrected chi connectivity index (χ2v) is 5.72. The maximum Gasteiger partial charge on any atom is 0.344 e. The van der Waals surface area contributed by atoms with Crippen LogP contribution in [0, 0.1) is 13.8 Å². The molecule has 0 unspecified atom stereocenters. The Bertz CT molecular complexity index is 884. The molecular weight excluding hydrogens is 318 g/mol. The molecule has 5 nitrogen and oxygen atoms in total. The van der Waals surface area contributed by atoms with Gasteiger partial charge in [-0.25, -0.2) is 4.79 Å². The van der Waals surface area contributed by atoms with Gasteiger partial charge in [0.25, 0.3) is 0 Å². The van der Waals surface area contributed by atoms with E-state index in [0.717, 1.165) is 16.7 Å². The van der Waals surface area contributed by atoms with Crippen LogP contribution in [0.3, 0.4) is 0 Å². The molecule has 0 saturated heterocycles. The lowest BCUT2D eigenvalue weighted by atomic mass is 10.1. The molecule has 0 saturated carbocycles. The highest BCUT2D eigenvalue weighted by Gasteiger charge is 2.23. The van der Waals surface area contributed by atoms with E-state index in [1.807, 2.05) is 55.5 Å². The van der Waals surface area contributed by atoms with E-state index in [0.29, 0.717) is 22.8 Å². The molecule has 1 aromatic heterocycles. The molecule has 0 aliphatic heterocycles. The van der Waals surface area contributed by atoms with E-state index in [4.69, 9.17) is 14.0 Å². The van der Waals surface area contributed by atoms with Gasteiger partial charge in [-0.1, -0.05) is 47.1 Å². The largest absolute Gasteiger partial charge is 0.496 e. The van der Waals surface area contributed by atoms with Crippen LogP contribution in [-0.2, 0) is 11.3 Å². The van der Waals surface area contributed by atoms with Crippen molar-refractivity contribution >= 4 is 5.97 Å². The summed E-state index contributed by atoms with van der Waals surface area (Å²) in [5.74, 6) is 0.643. The molecule has 0 aliphatic carbocycles. The van der Waals surface area contributed by atoms with Crippen molar-refractivity contribution in [1.29, 1.82) is 0 Å². The Morgan fingerprint density at radius 3 is 2.60 bits per heavy atom. The highest BCUT2D eigenvalue weighted by Crippen LogP contribution is 2.27. The third-order valence-electron chi connectivity index (χ3n) is 3.91. The summed E-state index contributed by atoms with van der Waals surface area (Å²) >= 11 is 0. The fourth-order valence-electron chi connectivity index (χ4n) is 2.64. The Balaban J connectivity index is 1.83. The Kier molecular flexibility index (Phi) is 4.84. The molecule has 0 amide bonds. The molecule has 1 heterocycles. The number of hydrogen-bond acceptors (Lipinski definition) is 5. The number of aryl methyl sites for hydroxylation is 2. The average Bonchev–Trinajstić information content (AvgIpc) is 3.02. The lowest BCUT2D eigenvalue weighted by Gasteiger charge is -2.10. The summed E-state index contributed by atoms with van der Waals surface area (Å²) < 4.78 is 16.0. The molecule has 25 heavy (non-hydrogen) atoms. The summed E-state index contributed by atoms with van der Waals surface area (Å²) in [4.78, 5) is 12.6. The number of benzene rings is 2. The van der Waals surface area contributed by atoms with E-state index in [1.165, 1.54) is 0 Å². The monoisotopic (exact) mass is 337 g/mol.